The molecule has 0 aromatic heterocycles. The Kier molecular flexibility index (Phi) is 7.79. The van der Waals surface area contributed by atoms with Gasteiger partial charge in [0.15, 0.2) is 5.11 Å². The summed E-state index contributed by atoms with van der Waals surface area (Å²) >= 11 is 5.49. The lowest BCUT2D eigenvalue weighted by atomic mass is 10.2. The van der Waals surface area contributed by atoms with Crippen molar-refractivity contribution in [2.75, 3.05) is 44.2 Å². The summed E-state index contributed by atoms with van der Waals surface area (Å²) in [5.41, 5.74) is 3.29. The summed E-state index contributed by atoms with van der Waals surface area (Å²) in [5, 5.41) is 6.74. The molecule has 1 aliphatic heterocycles. The van der Waals surface area contributed by atoms with Gasteiger partial charge in [-0.3, -0.25) is 4.79 Å². The molecular formula is C23H27FN4OS. The van der Waals surface area contributed by atoms with E-state index in [0.29, 0.717) is 13.1 Å². The maximum atomic E-state index is 12.9. The first-order chi connectivity index (χ1) is 14.5. The predicted molar refractivity (Wildman–Crippen MR) is 124 cm³/mol. The number of nitrogens with one attached hydrogen (secondary N) is 2. The lowest BCUT2D eigenvalue weighted by molar-refractivity contribution is -0.116. The van der Waals surface area contributed by atoms with Crippen LogP contribution in [0, 0.1) is 12.7 Å². The predicted octanol–water partition coefficient (Wildman–Crippen LogP) is 2.96. The summed E-state index contributed by atoms with van der Waals surface area (Å²) in [7, 11) is 0. The number of aryl methyl sites for hydroxylation is 1. The number of amides is 1. The lowest BCUT2D eigenvalue weighted by Crippen LogP contribution is -2.52. The van der Waals surface area contributed by atoms with Crippen LogP contribution in [0.4, 0.5) is 10.1 Å². The first-order valence-electron chi connectivity index (χ1n) is 10.1. The topological polar surface area (TPSA) is 47.6 Å². The second-order valence-electron chi connectivity index (χ2n) is 7.22. The van der Waals surface area contributed by atoms with E-state index in [9.17, 15) is 9.18 Å². The van der Waals surface area contributed by atoms with Gasteiger partial charge in [-0.15, -0.1) is 0 Å². The number of carbonyl (C=O) groups is 1. The van der Waals surface area contributed by atoms with E-state index in [1.165, 1.54) is 29.5 Å². The zero-order valence-electron chi connectivity index (χ0n) is 17.1. The molecule has 0 aliphatic carbocycles. The zero-order valence-corrected chi connectivity index (χ0v) is 17.9. The highest BCUT2D eigenvalue weighted by Gasteiger charge is 2.18. The maximum absolute atomic E-state index is 12.9. The van der Waals surface area contributed by atoms with E-state index in [0.717, 1.165) is 36.9 Å². The summed E-state index contributed by atoms with van der Waals surface area (Å²) in [6.45, 7) is 6.73. The van der Waals surface area contributed by atoms with Crippen LogP contribution < -0.4 is 15.5 Å². The third-order valence-corrected chi connectivity index (χ3v) is 5.33. The molecule has 1 saturated heterocycles. The molecular weight excluding hydrogens is 399 g/mol. The standard InChI is InChI=1S/C23H27FN4OS/c1-18-3-2-4-21(17-18)27-13-15-28(16-14-27)23(30)26-12-11-25-22(29)10-7-19-5-8-20(24)9-6-19/h2-10,17H,11-16H2,1H3,(H,25,29)(H,26,30). The van der Waals surface area contributed by atoms with Crippen molar-refractivity contribution in [2.24, 2.45) is 0 Å². The smallest absolute Gasteiger partial charge is 0.244 e. The summed E-state index contributed by atoms with van der Waals surface area (Å²) in [6.07, 6.45) is 3.09. The minimum Gasteiger partial charge on any atom is -0.368 e. The van der Waals surface area contributed by atoms with Gasteiger partial charge in [0.25, 0.3) is 0 Å². The fraction of sp³-hybridized carbons (Fsp3) is 0.304. The third kappa shape index (κ3) is 6.56. The fourth-order valence-corrected chi connectivity index (χ4v) is 3.55. The van der Waals surface area contributed by atoms with Crippen LogP contribution in [0.3, 0.4) is 0 Å². The van der Waals surface area contributed by atoms with E-state index in [1.54, 1.807) is 18.2 Å². The van der Waals surface area contributed by atoms with Crippen molar-refractivity contribution in [2.45, 2.75) is 6.92 Å². The van der Waals surface area contributed by atoms with Crippen LogP contribution in [0.25, 0.3) is 6.08 Å². The van der Waals surface area contributed by atoms with Crippen LogP contribution in [0.2, 0.25) is 0 Å². The number of piperazine rings is 1. The second kappa shape index (κ2) is 10.7. The Morgan fingerprint density at radius 2 is 1.77 bits per heavy atom. The Balaban J connectivity index is 1.33. The van der Waals surface area contributed by atoms with Crippen molar-refractivity contribution in [3.05, 3.63) is 71.6 Å². The van der Waals surface area contributed by atoms with E-state index in [4.69, 9.17) is 12.2 Å². The normalized spacial score (nSPS) is 14.1. The molecule has 7 heteroatoms. The van der Waals surface area contributed by atoms with Gasteiger partial charge in [0.05, 0.1) is 0 Å². The number of benzene rings is 2. The summed E-state index contributed by atoms with van der Waals surface area (Å²) < 4.78 is 12.9. The first-order valence-corrected chi connectivity index (χ1v) is 10.5. The van der Waals surface area contributed by atoms with Crippen LogP contribution in [0.5, 0.6) is 0 Å². The Labute approximate surface area is 182 Å². The number of carbonyl (C=O) groups excluding carboxylic acids is 1. The monoisotopic (exact) mass is 426 g/mol. The molecule has 30 heavy (non-hydrogen) atoms. The minimum absolute atomic E-state index is 0.196. The van der Waals surface area contributed by atoms with Gasteiger partial charge in [0, 0.05) is 51.0 Å². The highest BCUT2D eigenvalue weighted by molar-refractivity contribution is 7.80. The van der Waals surface area contributed by atoms with Crippen molar-refractivity contribution in [3.8, 4) is 0 Å². The van der Waals surface area contributed by atoms with E-state index in [1.807, 2.05) is 0 Å². The molecule has 158 valence electrons. The summed E-state index contributed by atoms with van der Waals surface area (Å²) in [5.74, 6) is -0.492. The summed E-state index contributed by atoms with van der Waals surface area (Å²) in [4.78, 5) is 16.4. The molecule has 2 N–H and O–H groups in total. The number of hydrogen-bond acceptors (Lipinski definition) is 3. The zero-order chi connectivity index (χ0) is 21.3. The van der Waals surface area contributed by atoms with Crippen molar-refractivity contribution in [1.29, 1.82) is 0 Å². The molecule has 2 aromatic rings. The molecule has 1 fully saturated rings. The maximum Gasteiger partial charge on any atom is 0.244 e. The van der Waals surface area contributed by atoms with Gasteiger partial charge in [-0.1, -0.05) is 24.3 Å². The van der Waals surface area contributed by atoms with Gasteiger partial charge in [-0.2, -0.15) is 0 Å². The fourth-order valence-electron chi connectivity index (χ4n) is 3.26. The highest BCUT2D eigenvalue weighted by atomic mass is 32.1. The van der Waals surface area contributed by atoms with Gasteiger partial charge in [0.1, 0.15) is 5.82 Å². The lowest BCUT2D eigenvalue weighted by Gasteiger charge is -2.37. The molecule has 5 nitrogen and oxygen atoms in total. The molecule has 2 aromatic carbocycles. The first kappa shape index (κ1) is 21.8. The van der Waals surface area contributed by atoms with E-state index >= 15 is 0 Å². The molecule has 0 spiro atoms. The van der Waals surface area contributed by atoms with Gasteiger partial charge >= 0.3 is 0 Å². The second-order valence-corrected chi connectivity index (χ2v) is 7.61. The van der Waals surface area contributed by atoms with Crippen molar-refractivity contribution >= 4 is 35.0 Å². The van der Waals surface area contributed by atoms with Gasteiger partial charge < -0.3 is 20.4 Å². The van der Waals surface area contributed by atoms with E-state index < -0.39 is 0 Å². The molecule has 1 amide bonds. The average Bonchev–Trinajstić information content (AvgIpc) is 2.76. The number of anilines is 1. The molecule has 0 radical (unpaired) electrons. The average molecular weight is 427 g/mol. The van der Waals surface area contributed by atoms with Crippen LogP contribution >= 0.6 is 12.2 Å². The van der Waals surface area contributed by atoms with Gasteiger partial charge in [0.2, 0.25) is 5.91 Å². The van der Waals surface area contributed by atoms with Crippen LogP contribution in [0.15, 0.2) is 54.6 Å². The largest absolute Gasteiger partial charge is 0.368 e. The van der Waals surface area contributed by atoms with Crippen molar-refractivity contribution < 1.29 is 9.18 Å². The van der Waals surface area contributed by atoms with Crippen molar-refractivity contribution in [1.82, 2.24) is 15.5 Å². The molecule has 0 unspecified atom stereocenters. The third-order valence-electron chi connectivity index (χ3n) is 4.93. The van der Waals surface area contributed by atoms with Crippen LogP contribution in [-0.4, -0.2) is 55.2 Å². The number of hydrogen-bond donors (Lipinski definition) is 2. The van der Waals surface area contributed by atoms with Crippen LogP contribution in [-0.2, 0) is 4.79 Å². The van der Waals surface area contributed by atoms with Crippen molar-refractivity contribution in [3.63, 3.8) is 0 Å². The van der Waals surface area contributed by atoms with Crippen LogP contribution in [0.1, 0.15) is 11.1 Å². The number of thiocarbonyl (C=S) groups is 1. The quantitative estimate of drug-likeness (QED) is 0.423. The Bertz CT molecular complexity index is 892. The molecule has 0 saturated carbocycles. The van der Waals surface area contributed by atoms with Gasteiger partial charge in [-0.05, 0) is 60.6 Å². The minimum atomic E-state index is -0.296. The summed E-state index contributed by atoms with van der Waals surface area (Å²) in [6, 6.07) is 14.5. The Morgan fingerprint density at radius 3 is 2.47 bits per heavy atom. The Hall–Kier alpha value is -2.93. The highest BCUT2D eigenvalue weighted by Crippen LogP contribution is 2.17. The number of nitrogens with zero attached hydrogens (tertiary/aromatic N) is 2. The SMILES string of the molecule is Cc1cccc(N2CCN(C(=S)NCCNC(=O)C=Cc3ccc(F)cc3)CC2)c1. The molecule has 1 heterocycles. The van der Waals surface area contributed by atoms with E-state index in [2.05, 4.69) is 51.6 Å². The molecule has 0 atom stereocenters. The van der Waals surface area contributed by atoms with Gasteiger partial charge in [-0.25, -0.2) is 4.39 Å². The molecule has 3 rings (SSSR count). The van der Waals surface area contributed by atoms with E-state index in [-0.39, 0.29) is 11.7 Å². The Morgan fingerprint density at radius 1 is 1.07 bits per heavy atom. The number of rotatable bonds is 6. The molecule has 1 aliphatic rings. The molecule has 0 bridgehead atoms. The number of halogens is 1.